The van der Waals surface area contributed by atoms with Gasteiger partial charge in [-0.3, -0.25) is 9.59 Å². The summed E-state index contributed by atoms with van der Waals surface area (Å²) in [6.07, 6.45) is -2.33. The molecule has 2 heterocycles. The number of hydrogen-bond acceptors (Lipinski definition) is 12. The lowest BCUT2D eigenvalue weighted by molar-refractivity contribution is -0.149. The first-order valence-electron chi connectivity index (χ1n) is 16.2. The molecule has 1 fully saturated rings. The average Bonchev–Trinajstić information content (AvgIpc) is 3.67. The predicted octanol–water partition coefficient (Wildman–Crippen LogP) is 4.80. The van der Waals surface area contributed by atoms with E-state index in [4.69, 9.17) is 18.9 Å². The average molecular weight is 747 g/mol. The van der Waals surface area contributed by atoms with Crippen molar-refractivity contribution < 1.29 is 48.3 Å². The fourth-order valence-corrected chi connectivity index (χ4v) is 7.57. The van der Waals surface area contributed by atoms with Gasteiger partial charge in [0.25, 0.3) is 11.8 Å². The van der Waals surface area contributed by atoms with E-state index in [0.717, 1.165) is 34.7 Å². The Kier molecular flexibility index (Phi) is 12.8. The third-order valence-electron chi connectivity index (χ3n) is 7.54. The maximum atomic E-state index is 14.2. The van der Waals surface area contributed by atoms with Gasteiger partial charge in [-0.25, -0.2) is 19.6 Å². The van der Waals surface area contributed by atoms with Crippen LogP contribution in [-0.4, -0.2) is 82.6 Å². The number of nitrogens with zero attached hydrogens (tertiary/aromatic N) is 2. The Morgan fingerprint density at radius 2 is 1.04 bits per heavy atom. The van der Waals surface area contributed by atoms with Gasteiger partial charge in [-0.05, 0) is 37.1 Å². The second-order valence-corrected chi connectivity index (χ2v) is 14.3. The van der Waals surface area contributed by atoms with Crippen LogP contribution in [0.25, 0.3) is 0 Å². The highest BCUT2D eigenvalue weighted by molar-refractivity contribution is 8.25. The van der Waals surface area contributed by atoms with Crippen molar-refractivity contribution in [1.29, 1.82) is 0 Å². The summed E-state index contributed by atoms with van der Waals surface area (Å²) in [6.45, 7) is 9.24. The van der Waals surface area contributed by atoms with Gasteiger partial charge in [-0.2, -0.15) is 0 Å². The van der Waals surface area contributed by atoms with E-state index in [1.54, 1.807) is 12.1 Å². The van der Waals surface area contributed by atoms with Gasteiger partial charge in [0.05, 0.1) is 27.1 Å². The summed E-state index contributed by atoms with van der Waals surface area (Å²) in [4.78, 5) is 52.9. The maximum absolute atomic E-state index is 14.2. The molecule has 1 saturated heterocycles. The van der Waals surface area contributed by atoms with Crippen LogP contribution in [0.1, 0.15) is 25.0 Å². The summed E-state index contributed by atoms with van der Waals surface area (Å²) < 4.78 is 22.4. The van der Waals surface area contributed by atoms with Crippen molar-refractivity contribution in [3.05, 3.63) is 118 Å². The van der Waals surface area contributed by atoms with Crippen molar-refractivity contribution in [2.75, 3.05) is 26.4 Å². The van der Waals surface area contributed by atoms with Crippen LogP contribution in [-0.2, 0) is 41.7 Å². The standard InChI is InChI=1S/C38H38N2O10S2/c1-23(2)36(45)49-21-27(41)19-47-29-15-16-30(48-20-28(42)22-50-37(46)24(3)4)33-32(29)51-38(52-33)31-34(43)39(17-25-11-7-5-8-12-25)40(35(31)44)18-26-13-9-6-10-14-26/h5-16,27-28,41-42H,1,3,17-22H2,2,4H3. The highest BCUT2D eigenvalue weighted by Gasteiger charge is 2.45. The number of carbonyl (C=O) groups excluding carboxylic acids is 4. The molecular formula is C38H38N2O10S2. The van der Waals surface area contributed by atoms with Crippen molar-refractivity contribution >= 4 is 47.3 Å². The molecule has 2 aliphatic rings. The number of amides is 2. The minimum absolute atomic E-state index is 0.0200. The highest BCUT2D eigenvalue weighted by atomic mass is 32.2. The van der Waals surface area contributed by atoms with Gasteiger partial charge in [-0.15, -0.1) is 0 Å². The van der Waals surface area contributed by atoms with E-state index in [9.17, 15) is 29.4 Å². The molecule has 0 saturated carbocycles. The number of benzene rings is 3. The van der Waals surface area contributed by atoms with Crippen molar-refractivity contribution in [2.45, 2.75) is 48.9 Å². The van der Waals surface area contributed by atoms with Crippen LogP contribution in [0.15, 0.2) is 117 Å². The third-order valence-corrected chi connectivity index (χ3v) is 10.2. The van der Waals surface area contributed by atoms with Crippen molar-refractivity contribution in [3.63, 3.8) is 0 Å². The van der Waals surface area contributed by atoms with Gasteiger partial charge < -0.3 is 29.2 Å². The molecule has 12 nitrogen and oxygen atoms in total. The largest absolute Gasteiger partial charge is 0.490 e. The molecule has 52 heavy (non-hydrogen) atoms. The Hall–Kier alpha value is -5.02. The van der Waals surface area contributed by atoms with Gasteiger partial charge in [0.1, 0.15) is 55.7 Å². The summed E-state index contributed by atoms with van der Waals surface area (Å²) in [5, 5.41) is 23.8. The lowest BCUT2D eigenvalue weighted by Gasteiger charge is -2.27. The molecule has 2 amide bonds. The molecule has 3 aromatic rings. The number of aliphatic hydroxyl groups is 2. The Balaban J connectivity index is 1.43. The molecule has 2 unspecified atom stereocenters. The molecule has 0 spiro atoms. The second-order valence-electron chi connectivity index (χ2n) is 12.0. The SMILES string of the molecule is C=C(C)C(=O)OCC(O)COc1ccc(OCC(O)COC(=O)C(=C)C)c2c1SC(=C1C(=O)N(Cc3ccccc3)N(Cc3ccccc3)C1=O)S2. The predicted molar refractivity (Wildman–Crippen MR) is 194 cm³/mol. The van der Waals surface area contributed by atoms with Crippen LogP contribution in [0.5, 0.6) is 11.5 Å². The molecule has 0 aromatic heterocycles. The van der Waals surface area contributed by atoms with Crippen LogP contribution in [0, 0.1) is 0 Å². The van der Waals surface area contributed by atoms with Gasteiger partial charge in [0.15, 0.2) is 0 Å². The third kappa shape index (κ3) is 9.44. The molecule has 272 valence electrons. The molecule has 2 atom stereocenters. The molecule has 0 bridgehead atoms. The minimum Gasteiger partial charge on any atom is -0.490 e. The first-order valence-corrected chi connectivity index (χ1v) is 17.8. The zero-order valence-corrected chi connectivity index (χ0v) is 30.2. The number of hydrogen-bond donors (Lipinski definition) is 2. The zero-order valence-electron chi connectivity index (χ0n) is 28.6. The van der Waals surface area contributed by atoms with Crippen molar-refractivity contribution in [3.8, 4) is 11.5 Å². The van der Waals surface area contributed by atoms with Crippen LogP contribution in [0.4, 0.5) is 0 Å². The number of fused-ring (bicyclic) bond motifs is 1. The molecule has 2 aliphatic heterocycles. The number of rotatable bonds is 16. The van der Waals surface area contributed by atoms with E-state index in [0.29, 0.717) is 25.5 Å². The van der Waals surface area contributed by atoms with E-state index in [1.807, 2.05) is 60.7 Å². The van der Waals surface area contributed by atoms with Gasteiger partial charge in [0.2, 0.25) is 0 Å². The molecule has 14 heteroatoms. The summed E-state index contributed by atoms with van der Waals surface area (Å²) in [7, 11) is 0. The molecule has 0 radical (unpaired) electrons. The Bertz CT molecular complexity index is 1750. The Morgan fingerprint density at radius 1 is 0.654 bits per heavy atom. The van der Waals surface area contributed by atoms with Crippen molar-refractivity contribution in [1.82, 2.24) is 10.0 Å². The van der Waals surface area contributed by atoms with E-state index in [-0.39, 0.29) is 56.2 Å². The van der Waals surface area contributed by atoms with E-state index >= 15 is 0 Å². The number of aliphatic hydroxyl groups excluding tert-OH is 2. The fourth-order valence-electron chi connectivity index (χ4n) is 4.88. The highest BCUT2D eigenvalue weighted by Crippen LogP contribution is 2.59. The summed E-state index contributed by atoms with van der Waals surface area (Å²) in [5.74, 6) is -1.60. The lowest BCUT2D eigenvalue weighted by atomic mass is 10.2. The summed E-state index contributed by atoms with van der Waals surface area (Å²) in [6, 6.07) is 21.9. The zero-order chi connectivity index (χ0) is 37.4. The van der Waals surface area contributed by atoms with E-state index < -0.39 is 36.0 Å². The number of ether oxygens (including phenoxy) is 4. The van der Waals surface area contributed by atoms with Gasteiger partial charge in [-0.1, -0.05) is 97.3 Å². The van der Waals surface area contributed by atoms with Crippen LogP contribution in [0.3, 0.4) is 0 Å². The Labute approximate surface area is 309 Å². The second kappa shape index (κ2) is 17.5. The normalized spacial score (nSPS) is 14.9. The fraction of sp³-hybridized carbons (Fsp3) is 0.263. The molecular weight excluding hydrogens is 709 g/mol. The van der Waals surface area contributed by atoms with Gasteiger partial charge >= 0.3 is 11.9 Å². The monoisotopic (exact) mass is 746 g/mol. The summed E-state index contributed by atoms with van der Waals surface area (Å²) in [5.41, 5.74) is 2.04. The van der Waals surface area contributed by atoms with Crippen LogP contribution >= 0.6 is 23.5 Å². The van der Waals surface area contributed by atoms with Crippen molar-refractivity contribution in [2.24, 2.45) is 0 Å². The first kappa shape index (κ1) is 38.2. The molecule has 0 aliphatic carbocycles. The minimum atomic E-state index is -1.17. The number of hydrazine groups is 1. The smallest absolute Gasteiger partial charge is 0.333 e. The van der Waals surface area contributed by atoms with E-state index in [1.165, 1.54) is 23.9 Å². The molecule has 5 rings (SSSR count). The number of carbonyl (C=O) groups is 4. The topological polar surface area (TPSA) is 152 Å². The quantitative estimate of drug-likeness (QED) is 0.118. The van der Waals surface area contributed by atoms with Crippen LogP contribution < -0.4 is 9.47 Å². The first-order chi connectivity index (χ1) is 24.9. The summed E-state index contributed by atoms with van der Waals surface area (Å²) >= 11 is 2.29. The lowest BCUT2D eigenvalue weighted by Crippen LogP contribution is -2.39. The molecule has 3 aromatic carbocycles. The van der Waals surface area contributed by atoms with E-state index in [2.05, 4.69) is 13.2 Å². The number of esters is 2. The Morgan fingerprint density at radius 3 is 1.40 bits per heavy atom. The number of thioether (sulfide) groups is 2. The van der Waals surface area contributed by atoms with Crippen LogP contribution in [0.2, 0.25) is 0 Å². The van der Waals surface area contributed by atoms with Gasteiger partial charge in [0, 0.05) is 11.1 Å². The maximum Gasteiger partial charge on any atom is 0.333 e. The molecule has 2 N–H and O–H groups in total.